The van der Waals surface area contributed by atoms with Crippen LogP contribution in [0.4, 0.5) is 5.69 Å². The fourth-order valence-electron chi connectivity index (χ4n) is 2.96. The van der Waals surface area contributed by atoms with Gasteiger partial charge in [-0.25, -0.2) is 8.42 Å². The Morgan fingerprint density at radius 3 is 2.60 bits per heavy atom. The first-order valence-corrected chi connectivity index (χ1v) is 10.3. The Morgan fingerprint density at radius 1 is 1.36 bits per heavy atom. The van der Waals surface area contributed by atoms with Crippen molar-refractivity contribution < 1.29 is 18.0 Å². The van der Waals surface area contributed by atoms with Gasteiger partial charge in [-0.15, -0.1) is 0 Å². The highest BCUT2D eigenvalue weighted by atomic mass is 32.2. The van der Waals surface area contributed by atoms with E-state index in [9.17, 15) is 18.0 Å². The van der Waals surface area contributed by atoms with Crippen LogP contribution in [0.3, 0.4) is 0 Å². The van der Waals surface area contributed by atoms with Crippen LogP contribution in [0.25, 0.3) is 0 Å². The van der Waals surface area contributed by atoms with Gasteiger partial charge in [-0.05, 0) is 31.4 Å². The van der Waals surface area contributed by atoms with Crippen molar-refractivity contribution in [3.63, 3.8) is 0 Å². The highest BCUT2D eigenvalue weighted by Gasteiger charge is 2.35. The molecule has 2 amide bonds. The monoisotopic (exact) mass is 367 g/mol. The summed E-state index contributed by atoms with van der Waals surface area (Å²) in [6.07, 6.45) is 2.51. The lowest BCUT2D eigenvalue weighted by atomic mass is 10.0. The summed E-state index contributed by atoms with van der Waals surface area (Å²) in [6, 6.07) is 7.82. The number of nitrogens with two attached hydrogens (primary N) is 1. The maximum Gasteiger partial charge on any atom is 0.249 e. The minimum absolute atomic E-state index is 0.0469. The largest absolute Gasteiger partial charge is 0.332 e. The molecule has 1 fully saturated rings. The third-order valence-electron chi connectivity index (χ3n) is 4.41. The molecule has 0 spiro atoms. The van der Waals surface area contributed by atoms with Gasteiger partial charge in [-0.1, -0.05) is 18.2 Å². The van der Waals surface area contributed by atoms with Crippen LogP contribution in [0.1, 0.15) is 19.3 Å². The average Bonchev–Trinajstić information content (AvgIpc) is 2.58. The van der Waals surface area contributed by atoms with Gasteiger partial charge in [0.05, 0.1) is 11.8 Å². The van der Waals surface area contributed by atoms with Crippen molar-refractivity contribution in [1.29, 1.82) is 0 Å². The smallest absolute Gasteiger partial charge is 0.249 e. The molecule has 1 aliphatic rings. The molecule has 2 atom stereocenters. The van der Waals surface area contributed by atoms with Crippen molar-refractivity contribution in [2.24, 2.45) is 5.73 Å². The molecule has 138 valence electrons. The number of likely N-dealkylation sites (N-methyl/N-ethyl adjacent to an activating group) is 1. The van der Waals surface area contributed by atoms with Crippen molar-refractivity contribution in [1.82, 2.24) is 4.90 Å². The number of piperidine rings is 1. The SMILES string of the molecule is CN(C(=O)C(N)CCS(C)(=O)=O)C1CCCN(c2ccccc2)C1=O. The number of benzene rings is 1. The number of hydrogen-bond acceptors (Lipinski definition) is 5. The molecule has 0 radical (unpaired) electrons. The molecule has 2 rings (SSSR count). The number of carbonyl (C=O) groups excluding carboxylic acids is 2. The molecule has 25 heavy (non-hydrogen) atoms. The summed E-state index contributed by atoms with van der Waals surface area (Å²) in [6.45, 7) is 0.613. The van der Waals surface area contributed by atoms with Crippen molar-refractivity contribution in [2.45, 2.75) is 31.3 Å². The van der Waals surface area contributed by atoms with Crippen molar-refractivity contribution in [3.8, 4) is 0 Å². The third-order valence-corrected chi connectivity index (χ3v) is 5.39. The van der Waals surface area contributed by atoms with Crippen molar-refractivity contribution in [2.75, 3.05) is 30.5 Å². The number of rotatable bonds is 6. The number of para-hydroxylation sites is 1. The van der Waals surface area contributed by atoms with Crippen molar-refractivity contribution >= 4 is 27.3 Å². The summed E-state index contributed by atoms with van der Waals surface area (Å²) in [5, 5.41) is 0. The molecule has 0 bridgehead atoms. The van der Waals surface area contributed by atoms with Gasteiger partial charge in [-0.2, -0.15) is 0 Å². The van der Waals surface area contributed by atoms with Crippen LogP contribution in [0.15, 0.2) is 30.3 Å². The second-order valence-corrected chi connectivity index (χ2v) is 8.72. The van der Waals surface area contributed by atoms with E-state index >= 15 is 0 Å². The average molecular weight is 367 g/mol. The Labute approximate surface area is 148 Å². The topological polar surface area (TPSA) is 101 Å². The van der Waals surface area contributed by atoms with E-state index in [1.807, 2.05) is 30.3 Å². The summed E-state index contributed by atoms with van der Waals surface area (Å²) in [5.41, 5.74) is 6.65. The fourth-order valence-corrected chi connectivity index (χ4v) is 3.64. The molecular formula is C17H25N3O4S. The zero-order valence-corrected chi connectivity index (χ0v) is 15.4. The van der Waals surface area contributed by atoms with Gasteiger partial charge in [0.2, 0.25) is 11.8 Å². The molecule has 7 nitrogen and oxygen atoms in total. The van der Waals surface area contributed by atoms with E-state index in [-0.39, 0.29) is 18.1 Å². The Bertz CT molecular complexity index is 721. The Morgan fingerprint density at radius 2 is 2.00 bits per heavy atom. The predicted molar refractivity (Wildman–Crippen MR) is 96.9 cm³/mol. The first-order valence-electron chi connectivity index (χ1n) is 8.27. The minimum atomic E-state index is -3.18. The maximum absolute atomic E-state index is 12.8. The van der Waals surface area contributed by atoms with E-state index < -0.39 is 27.8 Å². The standard InChI is InChI=1S/C17H25N3O4S/c1-19(16(21)14(18)10-12-25(2,23)24)15-9-6-11-20(17(15)22)13-7-4-3-5-8-13/h3-5,7-8,14-15H,6,9-12,18H2,1-2H3. The highest BCUT2D eigenvalue weighted by Crippen LogP contribution is 2.23. The molecule has 1 aromatic rings. The maximum atomic E-state index is 12.8. The Hall–Kier alpha value is -1.93. The molecular weight excluding hydrogens is 342 g/mol. The molecule has 2 N–H and O–H groups in total. The first kappa shape index (κ1) is 19.4. The lowest BCUT2D eigenvalue weighted by Gasteiger charge is -2.37. The van der Waals surface area contributed by atoms with E-state index in [0.29, 0.717) is 13.0 Å². The molecule has 0 saturated carbocycles. The second-order valence-electron chi connectivity index (χ2n) is 6.46. The van der Waals surface area contributed by atoms with E-state index in [1.54, 1.807) is 11.9 Å². The van der Waals surface area contributed by atoms with Crippen molar-refractivity contribution in [3.05, 3.63) is 30.3 Å². The van der Waals surface area contributed by atoms with Crippen LogP contribution in [-0.2, 0) is 19.4 Å². The highest BCUT2D eigenvalue weighted by molar-refractivity contribution is 7.90. The zero-order valence-electron chi connectivity index (χ0n) is 14.6. The molecule has 1 saturated heterocycles. The predicted octanol–water partition coefficient (Wildman–Crippen LogP) is 0.402. The summed E-state index contributed by atoms with van der Waals surface area (Å²) >= 11 is 0. The van der Waals surface area contributed by atoms with Gasteiger partial charge < -0.3 is 15.5 Å². The lowest BCUT2D eigenvalue weighted by Crippen LogP contribution is -2.56. The Balaban J connectivity index is 2.06. The molecule has 1 aliphatic heterocycles. The fraction of sp³-hybridized carbons (Fsp3) is 0.529. The summed E-state index contributed by atoms with van der Waals surface area (Å²) in [7, 11) is -1.63. The van der Waals surface area contributed by atoms with Gasteiger partial charge in [0.25, 0.3) is 0 Å². The molecule has 1 aromatic carbocycles. The van der Waals surface area contributed by atoms with Crippen LogP contribution < -0.4 is 10.6 Å². The quantitative estimate of drug-likeness (QED) is 0.784. The minimum Gasteiger partial charge on any atom is -0.332 e. The van der Waals surface area contributed by atoms with Gasteiger partial charge in [0.15, 0.2) is 0 Å². The van der Waals surface area contributed by atoms with Crippen LogP contribution in [-0.4, -0.2) is 62.8 Å². The number of hydrogen-bond donors (Lipinski definition) is 1. The van der Waals surface area contributed by atoms with E-state index in [2.05, 4.69) is 0 Å². The van der Waals surface area contributed by atoms with Crippen LogP contribution in [0.5, 0.6) is 0 Å². The van der Waals surface area contributed by atoms with Gasteiger partial charge in [0, 0.05) is 25.5 Å². The number of nitrogens with zero attached hydrogens (tertiary/aromatic N) is 2. The zero-order chi connectivity index (χ0) is 18.6. The number of carbonyl (C=O) groups is 2. The van der Waals surface area contributed by atoms with Crippen LogP contribution >= 0.6 is 0 Å². The van der Waals surface area contributed by atoms with Gasteiger partial charge in [0.1, 0.15) is 15.9 Å². The van der Waals surface area contributed by atoms with Crippen LogP contribution in [0, 0.1) is 0 Å². The molecule has 2 unspecified atom stereocenters. The molecule has 0 aromatic heterocycles. The normalized spacial score (nSPS) is 19.6. The number of sulfone groups is 1. The molecule has 8 heteroatoms. The summed E-state index contributed by atoms with van der Waals surface area (Å²) in [4.78, 5) is 28.3. The van der Waals surface area contributed by atoms with Crippen LogP contribution in [0.2, 0.25) is 0 Å². The lowest BCUT2D eigenvalue weighted by molar-refractivity contribution is -0.139. The molecule has 0 aliphatic carbocycles. The second kappa shape index (κ2) is 7.97. The van der Waals surface area contributed by atoms with E-state index in [1.165, 1.54) is 4.90 Å². The number of anilines is 1. The van der Waals surface area contributed by atoms with E-state index in [0.717, 1.165) is 18.4 Å². The van der Waals surface area contributed by atoms with Gasteiger partial charge >= 0.3 is 0 Å². The Kier molecular flexibility index (Phi) is 6.18. The third kappa shape index (κ3) is 5.02. The summed E-state index contributed by atoms with van der Waals surface area (Å²) in [5.74, 6) is -0.691. The van der Waals surface area contributed by atoms with E-state index in [4.69, 9.17) is 5.73 Å². The first-order chi connectivity index (χ1) is 11.7. The number of amides is 2. The van der Waals surface area contributed by atoms with Gasteiger partial charge in [-0.3, -0.25) is 9.59 Å². The summed E-state index contributed by atoms with van der Waals surface area (Å²) < 4.78 is 22.5. The molecule has 1 heterocycles.